The van der Waals surface area contributed by atoms with Gasteiger partial charge in [-0.3, -0.25) is 4.79 Å². The van der Waals surface area contributed by atoms with E-state index in [1.165, 1.54) is 16.4 Å². The Morgan fingerprint density at radius 3 is 2.10 bits per heavy atom. The van der Waals surface area contributed by atoms with E-state index in [4.69, 9.17) is 4.74 Å². The third kappa shape index (κ3) is 4.74. The molecule has 2 aromatic rings. The van der Waals surface area contributed by atoms with E-state index >= 15 is 0 Å². The second-order valence-electron chi connectivity index (χ2n) is 8.12. The quantitative estimate of drug-likeness (QED) is 0.745. The van der Waals surface area contributed by atoms with Crippen LogP contribution in [0.3, 0.4) is 0 Å². The molecule has 0 aliphatic carbocycles. The molecular weight excluding hydrogens is 400 g/mol. The normalized spacial score (nSPS) is 15.5. The van der Waals surface area contributed by atoms with Crippen molar-refractivity contribution in [3.8, 4) is 0 Å². The Kier molecular flexibility index (Phi) is 6.95. The number of para-hydroxylation sites is 1. The van der Waals surface area contributed by atoms with Crippen LogP contribution in [-0.2, 0) is 14.8 Å². The first-order chi connectivity index (χ1) is 14.2. The van der Waals surface area contributed by atoms with Gasteiger partial charge in [-0.1, -0.05) is 52.0 Å². The number of nitrogens with zero attached hydrogens (tertiary/aromatic N) is 1. The highest BCUT2D eigenvalue weighted by atomic mass is 32.2. The van der Waals surface area contributed by atoms with Gasteiger partial charge in [0.25, 0.3) is 5.91 Å². The van der Waals surface area contributed by atoms with Crippen LogP contribution >= 0.6 is 0 Å². The number of ether oxygens (including phenoxy) is 1. The summed E-state index contributed by atoms with van der Waals surface area (Å²) < 4.78 is 32.5. The predicted molar refractivity (Wildman–Crippen MR) is 119 cm³/mol. The molecule has 162 valence electrons. The molecule has 1 fully saturated rings. The van der Waals surface area contributed by atoms with Crippen LogP contribution < -0.4 is 5.32 Å². The van der Waals surface area contributed by atoms with Gasteiger partial charge in [0, 0.05) is 24.3 Å². The molecule has 0 radical (unpaired) electrons. The van der Waals surface area contributed by atoms with Crippen molar-refractivity contribution < 1.29 is 17.9 Å². The lowest BCUT2D eigenvalue weighted by Crippen LogP contribution is -2.40. The van der Waals surface area contributed by atoms with Gasteiger partial charge in [0.2, 0.25) is 10.0 Å². The maximum absolute atomic E-state index is 13.1. The zero-order chi connectivity index (χ0) is 21.9. The van der Waals surface area contributed by atoms with E-state index in [9.17, 15) is 13.2 Å². The summed E-state index contributed by atoms with van der Waals surface area (Å²) in [5.41, 5.74) is 3.25. The van der Waals surface area contributed by atoms with Crippen LogP contribution in [0.15, 0.2) is 47.4 Å². The SMILES string of the molecule is CC(C)c1cccc(C(C)C)c1NC(=O)c1cccc(S(=O)(=O)N2CCOCC2)c1. The first-order valence-corrected chi connectivity index (χ1v) is 11.8. The molecule has 0 atom stereocenters. The topological polar surface area (TPSA) is 75.7 Å². The molecule has 0 saturated carbocycles. The van der Waals surface area contributed by atoms with Crippen molar-refractivity contribution in [2.45, 2.75) is 44.4 Å². The molecule has 6 nitrogen and oxygen atoms in total. The van der Waals surface area contributed by atoms with E-state index < -0.39 is 10.0 Å². The summed E-state index contributed by atoms with van der Waals surface area (Å²) in [6, 6.07) is 12.3. The average molecular weight is 431 g/mol. The zero-order valence-corrected chi connectivity index (χ0v) is 18.8. The molecule has 0 aromatic heterocycles. The number of rotatable bonds is 6. The number of benzene rings is 2. The second-order valence-corrected chi connectivity index (χ2v) is 10.1. The number of morpholine rings is 1. The van der Waals surface area contributed by atoms with E-state index in [0.717, 1.165) is 16.8 Å². The number of anilines is 1. The summed E-state index contributed by atoms with van der Waals surface area (Å²) in [6.07, 6.45) is 0. The number of hydrogen-bond acceptors (Lipinski definition) is 4. The predicted octanol–water partition coefficient (Wildman–Crippen LogP) is 4.21. The van der Waals surface area contributed by atoms with E-state index in [2.05, 4.69) is 33.0 Å². The molecule has 7 heteroatoms. The summed E-state index contributed by atoms with van der Waals surface area (Å²) >= 11 is 0. The first kappa shape index (κ1) is 22.5. The minimum Gasteiger partial charge on any atom is -0.379 e. The minimum atomic E-state index is -3.66. The summed E-state index contributed by atoms with van der Waals surface area (Å²) in [7, 11) is -3.66. The zero-order valence-electron chi connectivity index (χ0n) is 18.0. The Hall–Kier alpha value is -2.22. The molecular formula is C23H30N2O4S. The van der Waals surface area contributed by atoms with Crippen molar-refractivity contribution in [2.24, 2.45) is 0 Å². The van der Waals surface area contributed by atoms with Gasteiger partial charge in [0.1, 0.15) is 0 Å². The molecule has 30 heavy (non-hydrogen) atoms. The van der Waals surface area contributed by atoms with Gasteiger partial charge in [-0.25, -0.2) is 8.42 Å². The number of nitrogens with one attached hydrogen (secondary N) is 1. The highest BCUT2D eigenvalue weighted by Gasteiger charge is 2.27. The number of sulfonamides is 1. The van der Waals surface area contributed by atoms with Gasteiger partial charge < -0.3 is 10.1 Å². The molecule has 1 aliphatic rings. The van der Waals surface area contributed by atoms with E-state index in [1.807, 2.05) is 18.2 Å². The highest BCUT2D eigenvalue weighted by Crippen LogP contribution is 2.32. The molecule has 0 unspecified atom stereocenters. The summed E-state index contributed by atoms with van der Waals surface area (Å²) in [4.78, 5) is 13.2. The fourth-order valence-corrected chi connectivity index (χ4v) is 5.07. The molecule has 3 rings (SSSR count). The molecule has 1 N–H and O–H groups in total. The Morgan fingerprint density at radius 2 is 1.53 bits per heavy atom. The van der Waals surface area contributed by atoms with Crippen LogP contribution in [0.1, 0.15) is 61.0 Å². The monoisotopic (exact) mass is 430 g/mol. The molecule has 0 spiro atoms. The van der Waals surface area contributed by atoms with Crippen LogP contribution in [0.4, 0.5) is 5.69 Å². The maximum Gasteiger partial charge on any atom is 0.255 e. The molecule has 1 heterocycles. The van der Waals surface area contributed by atoms with Crippen LogP contribution in [-0.4, -0.2) is 44.9 Å². The second kappa shape index (κ2) is 9.29. The van der Waals surface area contributed by atoms with Crippen LogP contribution in [0.2, 0.25) is 0 Å². The Balaban J connectivity index is 1.92. The highest BCUT2D eigenvalue weighted by molar-refractivity contribution is 7.89. The van der Waals surface area contributed by atoms with Gasteiger partial charge in [0.15, 0.2) is 0 Å². The molecule has 0 bridgehead atoms. The number of carbonyl (C=O) groups excluding carboxylic acids is 1. The van der Waals surface area contributed by atoms with Crippen LogP contribution in [0.5, 0.6) is 0 Å². The lowest BCUT2D eigenvalue weighted by atomic mass is 9.92. The van der Waals surface area contributed by atoms with E-state index in [-0.39, 0.29) is 22.6 Å². The number of amides is 1. The third-order valence-electron chi connectivity index (χ3n) is 5.32. The third-order valence-corrected chi connectivity index (χ3v) is 7.21. The van der Waals surface area contributed by atoms with Crippen molar-refractivity contribution >= 4 is 21.6 Å². The molecule has 1 saturated heterocycles. The van der Waals surface area contributed by atoms with Gasteiger partial charge in [-0.05, 0) is 41.2 Å². The first-order valence-electron chi connectivity index (χ1n) is 10.3. The van der Waals surface area contributed by atoms with Crippen molar-refractivity contribution in [2.75, 3.05) is 31.6 Å². The molecule has 1 amide bonds. The lowest BCUT2D eigenvalue weighted by Gasteiger charge is -2.26. The smallest absolute Gasteiger partial charge is 0.255 e. The summed E-state index contributed by atoms with van der Waals surface area (Å²) in [5.74, 6) is 0.170. The number of carbonyl (C=O) groups is 1. The Bertz CT molecular complexity index is 983. The fourth-order valence-electron chi connectivity index (χ4n) is 3.61. The lowest BCUT2D eigenvalue weighted by molar-refractivity contribution is 0.0730. The minimum absolute atomic E-state index is 0.123. The molecule has 1 aliphatic heterocycles. The average Bonchev–Trinajstić information content (AvgIpc) is 2.74. The van der Waals surface area contributed by atoms with Gasteiger partial charge >= 0.3 is 0 Å². The summed E-state index contributed by atoms with van der Waals surface area (Å²) in [5, 5.41) is 3.05. The fraction of sp³-hybridized carbons (Fsp3) is 0.435. The van der Waals surface area contributed by atoms with Crippen molar-refractivity contribution in [1.82, 2.24) is 4.31 Å². The van der Waals surface area contributed by atoms with Crippen molar-refractivity contribution in [3.63, 3.8) is 0 Å². The van der Waals surface area contributed by atoms with Crippen LogP contribution in [0.25, 0.3) is 0 Å². The van der Waals surface area contributed by atoms with Gasteiger partial charge in [-0.15, -0.1) is 0 Å². The van der Waals surface area contributed by atoms with Gasteiger partial charge in [0.05, 0.1) is 18.1 Å². The van der Waals surface area contributed by atoms with E-state index in [0.29, 0.717) is 31.9 Å². The van der Waals surface area contributed by atoms with E-state index in [1.54, 1.807) is 12.1 Å². The van der Waals surface area contributed by atoms with Gasteiger partial charge in [-0.2, -0.15) is 4.31 Å². The Morgan fingerprint density at radius 1 is 0.967 bits per heavy atom. The Labute approximate surface area is 179 Å². The van der Waals surface area contributed by atoms with Crippen LogP contribution in [0, 0.1) is 0 Å². The van der Waals surface area contributed by atoms with Crippen molar-refractivity contribution in [3.05, 3.63) is 59.2 Å². The standard InChI is InChI=1S/C23H30N2O4S/c1-16(2)20-9-6-10-21(17(3)4)22(20)24-23(26)18-7-5-8-19(15-18)30(27,28)25-11-13-29-14-12-25/h5-10,15-17H,11-14H2,1-4H3,(H,24,26). The molecule has 2 aromatic carbocycles. The maximum atomic E-state index is 13.1. The van der Waals surface area contributed by atoms with Crippen molar-refractivity contribution in [1.29, 1.82) is 0 Å². The number of hydrogen-bond donors (Lipinski definition) is 1. The largest absolute Gasteiger partial charge is 0.379 e. The summed E-state index contributed by atoms with van der Waals surface area (Å²) in [6.45, 7) is 9.74.